The molecule has 1 aliphatic heterocycles. The molecule has 1 atom stereocenters. The number of anilines is 1. The summed E-state index contributed by atoms with van der Waals surface area (Å²) in [5.41, 5.74) is 1.40. The van der Waals surface area contributed by atoms with E-state index in [0.29, 0.717) is 36.7 Å². The minimum absolute atomic E-state index is 0.0106. The van der Waals surface area contributed by atoms with Crippen LogP contribution in [0.25, 0.3) is 0 Å². The maximum absolute atomic E-state index is 12.8. The summed E-state index contributed by atoms with van der Waals surface area (Å²) >= 11 is 0. The number of para-hydroxylation sites is 2. The first kappa shape index (κ1) is 21.8. The van der Waals surface area contributed by atoms with E-state index in [1.807, 2.05) is 62.4 Å². The van der Waals surface area contributed by atoms with Crippen LogP contribution in [-0.2, 0) is 4.79 Å². The molecule has 0 spiro atoms. The Bertz CT molecular complexity index is 858. The van der Waals surface area contributed by atoms with E-state index in [9.17, 15) is 9.59 Å². The minimum atomic E-state index is -0.281. The number of ketones is 1. The Labute approximate surface area is 178 Å². The highest BCUT2D eigenvalue weighted by atomic mass is 16.5. The number of ether oxygens (including phenoxy) is 2. The predicted octanol–water partition coefficient (Wildman–Crippen LogP) is 4.02. The second kappa shape index (κ2) is 10.3. The molecule has 0 saturated carbocycles. The van der Waals surface area contributed by atoms with Gasteiger partial charge in [-0.3, -0.25) is 14.5 Å². The molecule has 30 heavy (non-hydrogen) atoms. The van der Waals surface area contributed by atoms with Crippen LogP contribution in [0.3, 0.4) is 0 Å². The Kier molecular flexibility index (Phi) is 7.46. The molecule has 0 aliphatic carbocycles. The third kappa shape index (κ3) is 5.19. The summed E-state index contributed by atoms with van der Waals surface area (Å²) in [4.78, 5) is 27.7. The fourth-order valence-electron chi connectivity index (χ4n) is 3.79. The van der Waals surface area contributed by atoms with Crippen LogP contribution >= 0.6 is 0 Å². The van der Waals surface area contributed by atoms with Gasteiger partial charge in [0.15, 0.2) is 5.78 Å². The largest absolute Gasteiger partial charge is 0.497 e. The lowest BCUT2D eigenvalue weighted by Gasteiger charge is -2.34. The molecule has 2 aromatic carbocycles. The van der Waals surface area contributed by atoms with Crippen LogP contribution in [0.2, 0.25) is 0 Å². The van der Waals surface area contributed by atoms with E-state index >= 15 is 0 Å². The van der Waals surface area contributed by atoms with Crippen LogP contribution in [-0.4, -0.2) is 49.4 Å². The third-order valence-electron chi connectivity index (χ3n) is 5.65. The van der Waals surface area contributed by atoms with Gasteiger partial charge in [0.25, 0.3) is 0 Å². The zero-order valence-corrected chi connectivity index (χ0v) is 17.9. The monoisotopic (exact) mass is 410 g/mol. The normalized spacial score (nSPS) is 16.0. The summed E-state index contributed by atoms with van der Waals surface area (Å²) in [6, 6.07) is 14.4. The molecular weight excluding hydrogens is 380 g/mol. The average Bonchev–Trinajstić information content (AvgIpc) is 2.79. The lowest BCUT2D eigenvalue weighted by molar-refractivity contribution is -0.121. The molecular formula is C24H30N2O4. The first-order valence-corrected chi connectivity index (χ1v) is 10.5. The Hall–Kier alpha value is -2.86. The Balaban J connectivity index is 1.55. The van der Waals surface area contributed by atoms with Gasteiger partial charge in [-0.15, -0.1) is 0 Å². The Morgan fingerprint density at radius 2 is 1.77 bits per heavy atom. The Morgan fingerprint density at radius 3 is 2.40 bits per heavy atom. The van der Waals surface area contributed by atoms with Crippen molar-refractivity contribution in [3.8, 4) is 11.5 Å². The molecule has 1 aliphatic rings. The molecule has 3 rings (SSSR count). The molecule has 0 radical (unpaired) electrons. The van der Waals surface area contributed by atoms with Gasteiger partial charge in [0.05, 0.1) is 25.4 Å². The number of carbonyl (C=O) groups excluding carboxylic acids is 2. The van der Waals surface area contributed by atoms with Crippen molar-refractivity contribution in [3.05, 3.63) is 54.1 Å². The molecule has 160 valence electrons. The SMILES string of the molecule is CCOc1ccccc1NC(=O)[C@H](C)N1CCC(C(=O)c2ccc(OC)cc2)CC1. The van der Waals surface area contributed by atoms with Crippen LogP contribution in [0, 0.1) is 5.92 Å². The van der Waals surface area contributed by atoms with Crippen LogP contribution in [0.4, 0.5) is 5.69 Å². The topological polar surface area (TPSA) is 67.9 Å². The second-order valence-corrected chi connectivity index (χ2v) is 7.50. The fraction of sp³-hybridized carbons (Fsp3) is 0.417. The van der Waals surface area contributed by atoms with Crippen molar-refractivity contribution in [1.29, 1.82) is 0 Å². The number of nitrogens with one attached hydrogen (secondary N) is 1. The van der Waals surface area contributed by atoms with Gasteiger partial charge >= 0.3 is 0 Å². The standard InChI is InChI=1S/C24H30N2O4/c1-4-30-22-8-6-5-7-21(22)25-24(28)17(2)26-15-13-19(14-16-26)23(27)18-9-11-20(29-3)12-10-18/h5-12,17,19H,4,13-16H2,1-3H3,(H,25,28)/t17-/m0/s1. The highest BCUT2D eigenvalue weighted by molar-refractivity contribution is 5.98. The van der Waals surface area contributed by atoms with Crippen molar-refractivity contribution in [2.24, 2.45) is 5.92 Å². The summed E-state index contributed by atoms with van der Waals surface area (Å²) in [6.07, 6.45) is 1.50. The highest BCUT2D eigenvalue weighted by Crippen LogP contribution is 2.26. The summed E-state index contributed by atoms with van der Waals surface area (Å²) in [7, 11) is 1.61. The van der Waals surface area contributed by atoms with Crippen molar-refractivity contribution >= 4 is 17.4 Å². The van der Waals surface area contributed by atoms with E-state index in [1.54, 1.807) is 7.11 Å². The third-order valence-corrected chi connectivity index (χ3v) is 5.65. The number of hydrogen-bond acceptors (Lipinski definition) is 5. The summed E-state index contributed by atoms with van der Waals surface area (Å²) in [5.74, 6) is 1.50. The van der Waals surface area contributed by atoms with Crippen molar-refractivity contribution in [1.82, 2.24) is 4.90 Å². The van der Waals surface area contributed by atoms with Gasteiger partial charge in [-0.05, 0) is 76.2 Å². The molecule has 1 N–H and O–H groups in total. The molecule has 0 unspecified atom stereocenters. The minimum Gasteiger partial charge on any atom is -0.497 e. The number of benzene rings is 2. The van der Waals surface area contributed by atoms with Crippen molar-refractivity contribution < 1.29 is 19.1 Å². The van der Waals surface area contributed by atoms with Gasteiger partial charge in [0, 0.05) is 11.5 Å². The number of methoxy groups -OCH3 is 1. The molecule has 1 amide bonds. The summed E-state index contributed by atoms with van der Waals surface area (Å²) in [6.45, 7) is 5.80. The molecule has 1 heterocycles. The summed E-state index contributed by atoms with van der Waals surface area (Å²) < 4.78 is 10.7. The maximum Gasteiger partial charge on any atom is 0.241 e. The lowest BCUT2D eigenvalue weighted by atomic mass is 9.88. The number of hydrogen-bond donors (Lipinski definition) is 1. The molecule has 2 aromatic rings. The quantitative estimate of drug-likeness (QED) is 0.666. The average molecular weight is 411 g/mol. The maximum atomic E-state index is 12.8. The fourth-order valence-corrected chi connectivity index (χ4v) is 3.79. The lowest BCUT2D eigenvalue weighted by Crippen LogP contribution is -2.47. The smallest absolute Gasteiger partial charge is 0.241 e. The molecule has 1 fully saturated rings. The van der Waals surface area contributed by atoms with Crippen LogP contribution in [0.5, 0.6) is 11.5 Å². The number of Topliss-reactive ketones (excluding diaryl/α,β-unsaturated/α-hetero) is 1. The second-order valence-electron chi connectivity index (χ2n) is 7.50. The highest BCUT2D eigenvalue weighted by Gasteiger charge is 2.30. The van der Waals surface area contributed by atoms with Gasteiger partial charge in [0.2, 0.25) is 5.91 Å². The molecule has 6 heteroatoms. The molecule has 6 nitrogen and oxygen atoms in total. The number of piperidine rings is 1. The first-order chi connectivity index (χ1) is 14.5. The van der Waals surface area contributed by atoms with E-state index in [-0.39, 0.29) is 23.7 Å². The molecule has 1 saturated heterocycles. The van der Waals surface area contributed by atoms with E-state index in [2.05, 4.69) is 10.2 Å². The number of likely N-dealkylation sites (tertiary alicyclic amines) is 1. The van der Waals surface area contributed by atoms with E-state index in [0.717, 1.165) is 18.6 Å². The van der Waals surface area contributed by atoms with Crippen molar-refractivity contribution in [2.75, 3.05) is 32.1 Å². The number of amides is 1. The van der Waals surface area contributed by atoms with E-state index in [1.165, 1.54) is 0 Å². The first-order valence-electron chi connectivity index (χ1n) is 10.5. The van der Waals surface area contributed by atoms with E-state index in [4.69, 9.17) is 9.47 Å². The van der Waals surface area contributed by atoms with Crippen molar-refractivity contribution in [2.45, 2.75) is 32.7 Å². The van der Waals surface area contributed by atoms with Gasteiger partial charge in [-0.25, -0.2) is 0 Å². The van der Waals surface area contributed by atoms with E-state index < -0.39 is 0 Å². The van der Waals surface area contributed by atoms with Crippen LogP contribution in [0.1, 0.15) is 37.0 Å². The van der Waals surface area contributed by atoms with Gasteiger partial charge in [-0.2, -0.15) is 0 Å². The van der Waals surface area contributed by atoms with Crippen LogP contribution < -0.4 is 14.8 Å². The Morgan fingerprint density at radius 1 is 1.10 bits per heavy atom. The molecule has 0 bridgehead atoms. The summed E-state index contributed by atoms with van der Waals surface area (Å²) in [5, 5.41) is 2.98. The number of nitrogens with zero attached hydrogens (tertiary/aromatic N) is 1. The predicted molar refractivity (Wildman–Crippen MR) is 117 cm³/mol. The van der Waals surface area contributed by atoms with Gasteiger partial charge in [0.1, 0.15) is 11.5 Å². The zero-order chi connectivity index (χ0) is 21.5. The van der Waals surface area contributed by atoms with Gasteiger partial charge < -0.3 is 14.8 Å². The van der Waals surface area contributed by atoms with Crippen LogP contribution in [0.15, 0.2) is 48.5 Å². The number of rotatable bonds is 8. The zero-order valence-electron chi connectivity index (χ0n) is 17.9. The molecule has 0 aromatic heterocycles. The number of carbonyl (C=O) groups is 2. The van der Waals surface area contributed by atoms with Gasteiger partial charge in [-0.1, -0.05) is 12.1 Å². The van der Waals surface area contributed by atoms with Crippen molar-refractivity contribution in [3.63, 3.8) is 0 Å².